The molecule has 1 aromatic carbocycles. The highest BCUT2D eigenvalue weighted by molar-refractivity contribution is 5.85. The predicted molar refractivity (Wildman–Crippen MR) is 126 cm³/mol. The number of ether oxygens (including phenoxy) is 1. The van der Waals surface area contributed by atoms with Gasteiger partial charge in [-0.3, -0.25) is 14.7 Å². The minimum Gasteiger partial charge on any atom is -0.364 e. The molecule has 1 unspecified atom stereocenters. The van der Waals surface area contributed by atoms with Crippen LogP contribution in [0.15, 0.2) is 36.5 Å². The van der Waals surface area contributed by atoms with Crippen molar-refractivity contribution in [3.63, 3.8) is 0 Å². The molecule has 2 atom stereocenters. The van der Waals surface area contributed by atoms with Crippen molar-refractivity contribution in [2.75, 3.05) is 26.2 Å². The number of carbonyl (C=O) groups is 1. The van der Waals surface area contributed by atoms with Gasteiger partial charge in [0.25, 0.3) is 5.91 Å². The molecule has 0 spiro atoms. The minimum absolute atomic E-state index is 0.115. The standard InChI is InChI=1S/C27H31F4N3O2/c1-26(25(35)34-13-9-24-20(16-34)14-21(15-32-24)27(29,30)31)10-6-23(17-36-26)33-11-7-19(8-12-33)18-2-4-22(28)5-3-18/h2-5,14-15,19,23H,6-13,16-17H2,1H3/t23?,26-/m1/s1. The van der Waals surface area contributed by atoms with Gasteiger partial charge in [0.2, 0.25) is 0 Å². The molecule has 0 saturated carbocycles. The van der Waals surface area contributed by atoms with Gasteiger partial charge in [-0.1, -0.05) is 12.1 Å². The van der Waals surface area contributed by atoms with E-state index < -0.39 is 17.3 Å². The molecule has 0 aliphatic carbocycles. The van der Waals surface area contributed by atoms with Gasteiger partial charge in [-0.05, 0) is 80.9 Å². The maximum atomic E-state index is 13.4. The van der Waals surface area contributed by atoms with E-state index in [1.165, 1.54) is 17.7 Å². The number of nitrogens with zero attached hydrogens (tertiary/aromatic N) is 3. The van der Waals surface area contributed by atoms with Gasteiger partial charge in [0.15, 0.2) is 0 Å². The number of halogens is 4. The van der Waals surface area contributed by atoms with E-state index in [1.54, 1.807) is 11.8 Å². The van der Waals surface area contributed by atoms with Gasteiger partial charge in [0, 0.05) is 37.4 Å². The molecule has 2 saturated heterocycles. The Morgan fingerprint density at radius 3 is 2.47 bits per heavy atom. The third-order valence-corrected chi connectivity index (χ3v) is 8.04. The van der Waals surface area contributed by atoms with Crippen LogP contribution in [0.4, 0.5) is 17.6 Å². The number of amides is 1. The number of rotatable bonds is 3. The highest BCUT2D eigenvalue weighted by atomic mass is 19.4. The average molecular weight is 506 g/mol. The first-order chi connectivity index (χ1) is 17.1. The summed E-state index contributed by atoms with van der Waals surface area (Å²) in [5, 5.41) is 0. The minimum atomic E-state index is -4.46. The Hall–Kier alpha value is -2.52. The molecule has 0 radical (unpaired) electrons. The molecule has 5 rings (SSSR count). The highest BCUT2D eigenvalue weighted by Gasteiger charge is 2.44. The van der Waals surface area contributed by atoms with Gasteiger partial charge < -0.3 is 9.64 Å². The number of piperidine rings is 1. The van der Waals surface area contributed by atoms with Crippen LogP contribution in [-0.2, 0) is 28.7 Å². The van der Waals surface area contributed by atoms with Gasteiger partial charge in [-0.25, -0.2) is 4.39 Å². The maximum Gasteiger partial charge on any atom is 0.417 e. The van der Waals surface area contributed by atoms with Gasteiger partial charge in [0.1, 0.15) is 11.4 Å². The van der Waals surface area contributed by atoms with Crippen LogP contribution >= 0.6 is 0 Å². The summed E-state index contributed by atoms with van der Waals surface area (Å²) >= 11 is 0. The van der Waals surface area contributed by atoms with Crippen LogP contribution in [0.2, 0.25) is 0 Å². The molecule has 36 heavy (non-hydrogen) atoms. The monoisotopic (exact) mass is 505 g/mol. The summed E-state index contributed by atoms with van der Waals surface area (Å²) in [6.45, 7) is 4.64. The van der Waals surface area contributed by atoms with Crippen molar-refractivity contribution in [1.29, 1.82) is 0 Å². The summed E-state index contributed by atoms with van der Waals surface area (Å²) in [5.41, 5.74) is 0.475. The summed E-state index contributed by atoms with van der Waals surface area (Å²) in [6.07, 6.45) is 0.228. The number of hydrogen-bond donors (Lipinski definition) is 0. The quantitative estimate of drug-likeness (QED) is 0.555. The zero-order valence-corrected chi connectivity index (χ0v) is 20.4. The molecule has 3 aliphatic rings. The first-order valence-electron chi connectivity index (χ1n) is 12.6. The topological polar surface area (TPSA) is 45.7 Å². The van der Waals surface area contributed by atoms with Crippen molar-refractivity contribution in [2.45, 2.75) is 69.3 Å². The van der Waals surface area contributed by atoms with Gasteiger partial charge >= 0.3 is 6.18 Å². The van der Waals surface area contributed by atoms with E-state index in [0.29, 0.717) is 43.2 Å². The zero-order chi connectivity index (χ0) is 25.5. The van der Waals surface area contributed by atoms with Crippen LogP contribution in [0.25, 0.3) is 0 Å². The first-order valence-corrected chi connectivity index (χ1v) is 12.6. The summed E-state index contributed by atoms with van der Waals surface area (Å²) in [4.78, 5) is 21.4. The Kier molecular flexibility index (Phi) is 6.80. The zero-order valence-electron chi connectivity index (χ0n) is 20.4. The molecule has 194 valence electrons. The molecule has 2 fully saturated rings. The number of fused-ring (bicyclic) bond motifs is 1. The van der Waals surface area contributed by atoms with Crippen molar-refractivity contribution < 1.29 is 27.1 Å². The van der Waals surface area contributed by atoms with E-state index in [2.05, 4.69) is 9.88 Å². The van der Waals surface area contributed by atoms with Crippen LogP contribution in [-0.4, -0.2) is 58.6 Å². The van der Waals surface area contributed by atoms with Crippen LogP contribution in [0.5, 0.6) is 0 Å². The molecule has 0 N–H and O–H groups in total. The second-order valence-corrected chi connectivity index (χ2v) is 10.4. The Bertz CT molecular complexity index is 1090. The molecule has 9 heteroatoms. The number of carbonyl (C=O) groups excluding carboxylic acids is 1. The molecule has 4 heterocycles. The number of benzene rings is 1. The molecule has 2 aromatic rings. The second kappa shape index (κ2) is 9.74. The molecule has 1 aromatic heterocycles. The molecule has 5 nitrogen and oxygen atoms in total. The van der Waals surface area contributed by atoms with Crippen molar-refractivity contribution in [1.82, 2.24) is 14.8 Å². The molecular formula is C27H31F4N3O2. The second-order valence-electron chi connectivity index (χ2n) is 10.4. The molecule has 3 aliphatic heterocycles. The van der Waals surface area contributed by atoms with E-state index in [1.807, 2.05) is 12.1 Å². The van der Waals surface area contributed by atoms with E-state index >= 15 is 0 Å². The Labute approximate surface area is 208 Å². The Balaban J connectivity index is 1.16. The molecule has 0 bridgehead atoms. The number of pyridine rings is 1. The lowest BCUT2D eigenvalue weighted by atomic mass is 9.87. The van der Waals surface area contributed by atoms with Crippen molar-refractivity contribution in [3.05, 3.63) is 64.7 Å². The third kappa shape index (κ3) is 5.13. The van der Waals surface area contributed by atoms with E-state index in [4.69, 9.17) is 4.74 Å². The van der Waals surface area contributed by atoms with Crippen LogP contribution in [0.3, 0.4) is 0 Å². The predicted octanol–water partition coefficient (Wildman–Crippen LogP) is 4.94. The lowest BCUT2D eigenvalue weighted by Gasteiger charge is -2.45. The normalized spacial score (nSPS) is 26.0. The lowest BCUT2D eigenvalue weighted by Crippen LogP contribution is -2.56. The summed E-state index contributed by atoms with van der Waals surface area (Å²) in [5.74, 6) is 0.0381. The summed E-state index contributed by atoms with van der Waals surface area (Å²) in [7, 11) is 0. The number of likely N-dealkylation sites (tertiary alicyclic amines) is 1. The third-order valence-electron chi connectivity index (χ3n) is 8.04. The summed E-state index contributed by atoms with van der Waals surface area (Å²) in [6, 6.07) is 8.12. The molecule has 1 amide bonds. The van der Waals surface area contributed by atoms with Gasteiger partial charge in [-0.2, -0.15) is 13.2 Å². The van der Waals surface area contributed by atoms with Crippen molar-refractivity contribution in [3.8, 4) is 0 Å². The fraction of sp³-hybridized carbons (Fsp3) is 0.556. The number of hydrogen-bond acceptors (Lipinski definition) is 4. The van der Waals surface area contributed by atoms with Crippen molar-refractivity contribution >= 4 is 5.91 Å². The maximum absolute atomic E-state index is 13.4. The van der Waals surface area contributed by atoms with Crippen LogP contribution in [0, 0.1) is 5.82 Å². The lowest BCUT2D eigenvalue weighted by molar-refractivity contribution is -0.168. The summed E-state index contributed by atoms with van der Waals surface area (Å²) < 4.78 is 58.8. The SMILES string of the molecule is C[C@]1(C(=O)N2CCc3ncc(C(F)(F)F)cc3C2)CCC(N2CCC(c3ccc(F)cc3)CC2)CO1. The van der Waals surface area contributed by atoms with Crippen LogP contribution in [0.1, 0.15) is 60.9 Å². The number of aromatic nitrogens is 1. The van der Waals surface area contributed by atoms with E-state index in [0.717, 1.165) is 44.6 Å². The smallest absolute Gasteiger partial charge is 0.364 e. The average Bonchev–Trinajstić information content (AvgIpc) is 2.88. The van der Waals surface area contributed by atoms with Gasteiger partial charge in [0.05, 0.1) is 12.2 Å². The number of alkyl halides is 3. The largest absolute Gasteiger partial charge is 0.417 e. The fourth-order valence-corrected chi connectivity index (χ4v) is 5.76. The Morgan fingerprint density at radius 1 is 1.11 bits per heavy atom. The molecular weight excluding hydrogens is 474 g/mol. The van der Waals surface area contributed by atoms with E-state index in [9.17, 15) is 22.4 Å². The van der Waals surface area contributed by atoms with Crippen LogP contribution < -0.4 is 0 Å². The van der Waals surface area contributed by atoms with Gasteiger partial charge in [-0.15, -0.1) is 0 Å². The van der Waals surface area contributed by atoms with E-state index in [-0.39, 0.29) is 24.3 Å². The Morgan fingerprint density at radius 2 is 1.83 bits per heavy atom. The fourth-order valence-electron chi connectivity index (χ4n) is 5.76. The van der Waals surface area contributed by atoms with Crippen molar-refractivity contribution in [2.24, 2.45) is 0 Å². The first kappa shape index (κ1) is 25.1. The highest BCUT2D eigenvalue weighted by Crippen LogP contribution is 2.35.